The third kappa shape index (κ3) is 1.44. The molecule has 0 atom stereocenters. The van der Waals surface area contributed by atoms with Crippen LogP contribution in [0.5, 0.6) is 0 Å². The van der Waals surface area contributed by atoms with Crippen LogP contribution in [0.4, 0.5) is 5.69 Å². The largest absolute Gasteiger partial charge is 0.396 e. The van der Waals surface area contributed by atoms with Gasteiger partial charge in [0.1, 0.15) is 5.65 Å². The zero-order valence-corrected chi connectivity index (χ0v) is 8.92. The summed E-state index contributed by atoms with van der Waals surface area (Å²) in [5.74, 6) is 0.412. The molecule has 2 rings (SSSR count). The molecule has 0 radical (unpaired) electrons. The van der Waals surface area contributed by atoms with Gasteiger partial charge in [0.05, 0.1) is 16.4 Å². The minimum absolute atomic E-state index is 0.412. The van der Waals surface area contributed by atoms with Gasteiger partial charge in [-0.05, 0) is 5.92 Å². The summed E-state index contributed by atoms with van der Waals surface area (Å²) in [6.07, 6.45) is 3.77. The Labute approximate surface area is 87.5 Å². The van der Waals surface area contributed by atoms with Gasteiger partial charge in [-0.15, -0.1) is 0 Å². The van der Waals surface area contributed by atoms with Gasteiger partial charge in [-0.2, -0.15) is 0 Å². The summed E-state index contributed by atoms with van der Waals surface area (Å²) < 4.78 is 1.90. The molecule has 0 aliphatic rings. The van der Waals surface area contributed by atoms with Crippen molar-refractivity contribution in [3.05, 3.63) is 29.2 Å². The molecule has 2 heterocycles. The monoisotopic (exact) mass is 209 g/mol. The lowest BCUT2D eigenvalue weighted by Gasteiger charge is -1.97. The van der Waals surface area contributed by atoms with Gasteiger partial charge in [0.2, 0.25) is 0 Å². The van der Waals surface area contributed by atoms with Gasteiger partial charge >= 0.3 is 0 Å². The van der Waals surface area contributed by atoms with Crippen LogP contribution in [0, 0.1) is 0 Å². The Morgan fingerprint density at radius 2 is 2.14 bits per heavy atom. The molecule has 2 aromatic rings. The quantitative estimate of drug-likeness (QED) is 0.785. The van der Waals surface area contributed by atoms with Gasteiger partial charge < -0.3 is 10.1 Å². The van der Waals surface area contributed by atoms with Crippen LogP contribution < -0.4 is 5.73 Å². The van der Waals surface area contributed by atoms with Crippen molar-refractivity contribution in [1.29, 1.82) is 0 Å². The number of fused-ring (bicyclic) bond motifs is 1. The third-order valence-corrected chi connectivity index (χ3v) is 2.51. The first-order chi connectivity index (χ1) is 6.58. The molecular formula is C10H12ClN3. The van der Waals surface area contributed by atoms with Crippen LogP contribution in [-0.4, -0.2) is 9.38 Å². The fourth-order valence-corrected chi connectivity index (χ4v) is 1.47. The second-order valence-corrected chi connectivity index (χ2v) is 4.07. The van der Waals surface area contributed by atoms with Crippen molar-refractivity contribution in [2.75, 3.05) is 5.73 Å². The van der Waals surface area contributed by atoms with E-state index >= 15 is 0 Å². The summed E-state index contributed by atoms with van der Waals surface area (Å²) in [5.41, 5.74) is 8.16. The zero-order valence-electron chi connectivity index (χ0n) is 8.16. The number of nitrogens with zero attached hydrogens (tertiary/aromatic N) is 2. The van der Waals surface area contributed by atoms with Crippen LogP contribution in [0.15, 0.2) is 18.5 Å². The fraction of sp³-hybridized carbons (Fsp3) is 0.300. The van der Waals surface area contributed by atoms with Crippen LogP contribution in [0.2, 0.25) is 5.02 Å². The highest BCUT2D eigenvalue weighted by Crippen LogP contribution is 2.22. The van der Waals surface area contributed by atoms with Crippen molar-refractivity contribution in [1.82, 2.24) is 9.38 Å². The molecule has 74 valence electrons. The predicted molar refractivity (Wildman–Crippen MR) is 58.7 cm³/mol. The Hall–Kier alpha value is -1.22. The molecule has 0 amide bonds. The molecule has 3 nitrogen and oxygen atoms in total. The van der Waals surface area contributed by atoms with Crippen molar-refractivity contribution in [3.8, 4) is 0 Å². The number of anilines is 1. The summed E-state index contributed by atoms with van der Waals surface area (Å²) >= 11 is 5.90. The number of pyridine rings is 1. The predicted octanol–water partition coefficient (Wildman–Crippen LogP) is 2.69. The lowest BCUT2D eigenvalue weighted by atomic mass is 10.2. The van der Waals surface area contributed by atoms with Crippen LogP contribution in [0.3, 0.4) is 0 Å². The molecule has 0 aliphatic heterocycles. The molecule has 0 aromatic carbocycles. The van der Waals surface area contributed by atoms with E-state index in [1.54, 1.807) is 12.3 Å². The fourth-order valence-electron chi connectivity index (χ4n) is 1.32. The van der Waals surface area contributed by atoms with Crippen LogP contribution >= 0.6 is 11.6 Å². The maximum atomic E-state index is 5.90. The maximum absolute atomic E-state index is 5.90. The highest BCUT2D eigenvalue weighted by molar-refractivity contribution is 6.33. The Bertz CT molecular complexity index is 434. The molecule has 0 unspecified atom stereocenters. The normalized spacial score (nSPS) is 11.4. The van der Waals surface area contributed by atoms with E-state index in [0.717, 1.165) is 11.3 Å². The van der Waals surface area contributed by atoms with E-state index in [4.69, 9.17) is 17.3 Å². The molecule has 0 saturated carbocycles. The first-order valence-electron chi connectivity index (χ1n) is 4.51. The Morgan fingerprint density at radius 3 is 2.79 bits per heavy atom. The topological polar surface area (TPSA) is 43.3 Å². The average Bonchev–Trinajstić information content (AvgIpc) is 2.48. The molecule has 0 fully saturated rings. The Kier molecular flexibility index (Phi) is 2.11. The SMILES string of the molecule is CC(C)c1cn2cc(N)c(Cl)cc2n1. The Morgan fingerprint density at radius 1 is 1.43 bits per heavy atom. The van der Waals surface area contributed by atoms with Crippen molar-refractivity contribution >= 4 is 22.9 Å². The maximum Gasteiger partial charge on any atom is 0.138 e. The molecule has 14 heavy (non-hydrogen) atoms. The molecular weight excluding hydrogens is 198 g/mol. The molecule has 0 saturated heterocycles. The number of hydrogen-bond donors (Lipinski definition) is 1. The van der Waals surface area contributed by atoms with Crippen LogP contribution in [-0.2, 0) is 0 Å². The van der Waals surface area contributed by atoms with E-state index in [-0.39, 0.29) is 0 Å². The lowest BCUT2D eigenvalue weighted by molar-refractivity contribution is 0.834. The van der Waals surface area contributed by atoms with Crippen LogP contribution in [0.25, 0.3) is 5.65 Å². The summed E-state index contributed by atoms with van der Waals surface area (Å²) in [6.45, 7) is 4.21. The standard InChI is InChI=1S/C10H12ClN3/c1-6(2)9-5-14-4-8(12)7(11)3-10(14)13-9/h3-6H,12H2,1-2H3. The summed E-state index contributed by atoms with van der Waals surface area (Å²) in [4.78, 5) is 4.44. The van der Waals surface area contributed by atoms with Gasteiger partial charge in [0.15, 0.2) is 0 Å². The minimum Gasteiger partial charge on any atom is -0.396 e. The third-order valence-electron chi connectivity index (χ3n) is 2.18. The average molecular weight is 210 g/mol. The van der Waals surface area contributed by atoms with E-state index in [0.29, 0.717) is 16.6 Å². The first-order valence-corrected chi connectivity index (χ1v) is 4.89. The van der Waals surface area contributed by atoms with E-state index in [1.807, 2.05) is 10.6 Å². The van der Waals surface area contributed by atoms with Gasteiger partial charge in [-0.3, -0.25) is 0 Å². The number of hydrogen-bond acceptors (Lipinski definition) is 2. The van der Waals surface area contributed by atoms with E-state index in [9.17, 15) is 0 Å². The number of aromatic nitrogens is 2. The van der Waals surface area contributed by atoms with Crippen molar-refractivity contribution in [3.63, 3.8) is 0 Å². The van der Waals surface area contributed by atoms with Gasteiger partial charge in [0, 0.05) is 18.5 Å². The smallest absolute Gasteiger partial charge is 0.138 e. The summed E-state index contributed by atoms with van der Waals surface area (Å²) in [5, 5.41) is 0.554. The van der Waals surface area contributed by atoms with E-state index < -0.39 is 0 Å². The van der Waals surface area contributed by atoms with Crippen LogP contribution in [0.1, 0.15) is 25.5 Å². The second kappa shape index (κ2) is 3.17. The highest BCUT2D eigenvalue weighted by atomic mass is 35.5. The van der Waals surface area contributed by atoms with Gasteiger partial charge in [0.25, 0.3) is 0 Å². The zero-order chi connectivity index (χ0) is 10.3. The lowest BCUT2D eigenvalue weighted by Crippen LogP contribution is -1.90. The number of halogens is 1. The number of nitrogens with two attached hydrogens (primary N) is 1. The van der Waals surface area contributed by atoms with Crippen molar-refractivity contribution in [2.24, 2.45) is 0 Å². The summed E-state index contributed by atoms with van der Waals surface area (Å²) in [6, 6.07) is 1.78. The van der Waals surface area contributed by atoms with E-state index in [1.165, 1.54) is 0 Å². The van der Waals surface area contributed by atoms with E-state index in [2.05, 4.69) is 18.8 Å². The molecule has 2 N–H and O–H groups in total. The number of rotatable bonds is 1. The van der Waals surface area contributed by atoms with Gasteiger partial charge in [-0.1, -0.05) is 25.4 Å². The molecule has 0 spiro atoms. The molecule has 2 aromatic heterocycles. The minimum atomic E-state index is 0.412. The highest BCUT2D eigenvalue weighted by Gasteiger charge is 2.06. The van der Waals surface area contributed by atoms with Crippen molar-refractivity contribution < 1.29 is 0 Å². The number of nitrogen functional groups attached to an aromatic ring is 1. The molecule has 0 aliphatic carbocycles. The van der Waals surface area contributed by atoms with Gasteiger partial charge in [-0.25, -0.2) is 4.98 Å². The molecule has 4 heteroatoms. The molecule has 0 bridgehead atoms. The second-order valence-electron chi connectivity index (χ2n) is 3.66. The first kappa shape index (κ1) is 9.34. The number of imidazole rings is 1. The Balaban J connectivity index is 2.66. The van der Waals surface area contributed by atoms with Crippen molar-refractivity contribution in [2.45, 2.75) is 19.8 Å². The summed E-state index contributed by atoms with van der Waals surface area (Å²) in [7, 11) is 0.